The van der Waals surface area contributed by atoms with Gasteiger partial charge >= 0.3 is 0 Å². The van der Waals surface area contributed by atoms with Crippen molar-refractivity contribution in [1.82, 2.24) is 4.90 Å². The number of amides is 1. The van der Waals surface area contributed by atoms with Crippen LogP contribution in [0.1, 0.15) is 27.7 Å². The van der Waals surface area contributed by atoms with Crippen molar-refractivity contribution in [3.63, 3.8) is 0 Å². The van der Waals surface area contributed by atoms with Crippen LogP contribution in [0.15, 0.2) is 0 Å². The molecule has 0 unspecified atom stereocenters. The molecule has 0 saturated heterocycles. The zero-order valence-corrected chi connectivity index (χ0v) is 13.0. The summed E-state index contributed by atoms with van der Waals surface area (Å²) in [6.45, 7) is 14.0. The molecule has 0 saturated carbocycles. The quantitative estimate of drug-likeness (QED) is 0.742. The molecular weight excluding hydrogens is 234 g/mol. The summed E-state index contributed by atoms with van der Waals surface area (Å²) in [5, 5.41) is 9.03. The number of hydrogen-bond donors (Lipinski definition) is 1. The zero-order chi connectivity index (χ0) is 13.7. The first-order chi connectivity index (χ1) is 7.62. The van der Waals surface area contributed by atoms with Crippen molar-refractivity contribution in [3.05, 3.63) is 0 Å². The Labute approximate surface area is 106 Å². The predicted molar refractivity (Wildman–Crippen MR) is 72.5 cm³/mol. The lowest BCUT2D eigenvalue weighted by atomic mass is 10.2. The summed E-state index contributed by atoms with van der Waals surface area (Å²) < 4.78 is 5.98. The molecular formula is C12H27NO3Si. The summed E-state index contributed by atoms with van der Waals surface area (Å²) in [5.41, 5.74) is 0. The van der Waals surface area contributed by atoms with E-state index in [1.807, 2.05) is 0 Å². The van der Waals surface area contributed by atoms with Crippen LogP contribution in [0.25, 0.3) is 0 Å². The van der Waals surface area contributed by atoms with Gasteiger partial charge in [0.2, 0.25) is 5.91 Å². The van der Waals surface area contributed by atoms with Crippen LogP contribution >= 0.6 is 0 Å². The van der Waals surface area contributed by atoms with E-state index in [1.54, 1.807) is 4.90 Å². The normalized spacial score (nSPS) is 12.6. The molecule has 0 aliphatic rings. The van der Waals surface area contributed by atoms with Gasteiger partial charge in [-0.15, -0.1) is 0 Å². The molecule has 0 aromatic carbocycles. The fourth-order valence-electron chi connectivity index (χ4n) is 1.17. The third-order valence-electron chi connectivity index (χ3n) is 3.45. The molecule has 0 fully saturated rings. The second kappa shape index (κ2) is 6.52. The lowest BCUT2D eigenvalue weighted by Gasteiger charge is -2.36. The Morgan fingerprint density at radius 1 is 1.29 bits per heavy atom. The number of carbonyl (C=O) groups excluding carboxylic acids is 1. The van der Waals surface area contributed by atoms with Crippen molar-refractivity contribution < 1.29 is 14.3 Å². The van der Waals surface area contributed by atoms with E-state index in [1.165, 1.54) is 6.92 Å². The summed E-state index contributed by atoms with van der Waals surface area (Å²) in [6.07, 6.45) is 0. The maximum atomic E-state index is 11.3. The molecule has 17 heavy (non-hydrogen) atoms. The van der Waals surface area contributed by atoms with Crippen LogP contribution in [0, 0.1) is 0 Å². The average Bonchev–Trinajstić information content (AvgIpc) is 2.14. The van der Waals surface area contributed by atoms with Crippen LogP contribution in [0.5, 0.6) is 0 Å². The van der Waals surface area contributed by atoms with Crippen LogP contribution in [-0.2, 0) is 9.22 Å². The first kappa shape index (κ1) is 16.6. The van der Waals surface area contributed by atoms with Gasteiger partial charge in [-0.05, 0) is 18.1 Å². The molecule has 1 amide bonds. The highest BCUT2D eigenvalue weighted by Gasteiger charge is 2.36. The van der Waals surface area contributed by atoms with Gasteiger partial charge in [0.1, 0.15) is 0 Å². The van der Waals surface area contributed by atoms with E-state index in [-0.39, 0.29) is 17.6 Å². The molecule has 0 aliphatic carbocycles. The minimum Gasteiger partial charge on any atom is -0.415 e. The van der Waals surface area contributed by atoms with E-state index in [9.17, 15) is 4.79 Å². The lowest BCUT2D eigenvalue weighted by molar-refractivity contribution is -0.129. The van der Waals surface area contributed by atoms with Crippen molar-refractivity contribution in [3.8, 4) is 0 Å². The Morgan fingerprint density at radius 3 is 2.18 bits per heavy atom. The molecule has 0 bridgehead atoms. The van der Waals surface area contributed by atoms with Crippen LogP contribution < -0.4 is 0 Å². The minimum absolute atomic E-state index is 0.000325. The third-order valence-corrected chi connectivity index (χ3v) is 7.98. The van der Waals surface area contributed by atoms with Crippen molar-refractivity contribution in [2.24, 2.45) is 0 Å². The topological polar surface area (TPSA) is 49.8 Å². The number of rotatable bonds is 6. The number of carbonyl (C=O) groups is 1. The van der Waals surface area contributed by atoms with Crippen LogP contribution in [0.3, 0.4) is 0 Å². The Bertz CT molecular complexity index is 249. The van der Waals surface area contributed by atoms with Gasteiger partial charge in [-0.2, -0.15) is 0 Å². The van der Waals surface area contributed by atoms with Crippen LogP contribution in [-0.4, -0.2) is 50.5 Å². The SMILES string of the molecule is CC(=O)N(CCO)CCO[Si](C)(C)C(C)(C)C. The second-order valence-corrected chi connectivity index (χ2v) is 10.6. The molecule has 0 aromatic rings. The lowest BCUT2D eigenvalue weighted by Crippen LogP contribution is -2.43. The van der Waals surface area contributed by atoms with Crippen LogP contribution in [0.2, 0.25) is 18.1 Å². The number of aliphatic hydroxyl groups excluding tert-OH is 1. The van der Waals surface area contributed by atoms with Crippen molar-refractivity contribution in [2.75, 3.05) is 26.3 Å². The smallest absolute Gasteiger partial charge is 0.219 e. The molecule has 102 valence electrons. The number of aliphatic hydroxyl groups is 1. The Hall–Kier alpha value is -0.393. The molecule has 0 radical (unpaired) electrons. The van der Waals surface area contributed by atoms with Gasteiger partial charge in [-0.25, -0.2) is 0 Å². The molecule has 1 N–H and O–H groups in total. The van der Waals surface area contributed by atoms with Gasteiger partial charge in [0.15, 0.2) is 8.32 Å². The fourth-order valence-corrected chi connectivity index (χ4v) is 2.21. The standard InChI is InChI=1S/C12H27NO3Si/c1-11(15)13(7-9-14)8-10-16-17(5,6)12(2,3)4/h14H,7-10H2,1-6H3. The van der Waals surface area contributed by atoms with Gasteiger partial charge < -0.3 is 14.4 Å². The minimum atomic E-state index is -1.73. The Balaban J connectivity index is 4.17. The highest BCUT2D eigenvalue weighted by molar-refractivity contribution is 6.74. The summed E-state index contributed by atoms with van der Waals surface area (Å²) in [4.78, 5) is 12.9. The van der Waals surface area contributed by atoms with Crippen molar-refractivity contribution in [1.29, 1.82) is 0 Å². The zero-order valence-electron chi connectivity index (χ0n) is 12.0. The van der Waals surface area contributed by atoms with E-state index in [4.69, 9.17) is 9.53 Å². The van der Waals surface area contributed by atoms with Gasteiger partial charge in [0, 0.05) is 20.0 Å². The van der Waals surface area contributed by atoms with E-state index in [0.29, 0.717) is 19.7 Å². The first-order valence-electron chi connectivity index (χ1n) is 6.12. The molecule has 0 atom stereocenters. The van der Waals surface area contributed by atoms with E-state index < -0.39 is 8.32 Å². The Kier molecular flexibility index (Phi) is 6.36. The second-order valence-electron chi connectivity index (χ2n) is 5.84. The van der Waals surface area contributed by atoms with E-state index >= 15 is 0 Å². The summed E-state index contributed by atoms with van der Waals surface area (Å²) in [7, 11) is -1.73. The molecule has 0 aliphatic heterocycles. The van der Waals surface area contributed by atoms with Gasteiger partial charge in [-0.3, -0.25) is 4.79 Å². The molecule has 0 rings (SSSR count). The summed E-state index contributed by atoms with van der Waals surface area (Å²) >= 11 is 0. The molecule has 0 heterocycles. The van der Waals surface area contributed by atoms with Crippen LogP contribution in [0.4, 0.5) is 0 Å². The van der Waals surface area contributed by atoms with Gasteiger partial charge in [0.25, 0.3) is 0 Å². The fraction of sp³-hybridized carbons (Fsp3) is 0.917. The van der Waals surface area contributed by atoms with Gasteiger partial charge in [0.05, 0.1) is 13.2 Å². The monoisotopic (exact) mass is 261 g/mol. The maximum Gasteiger partial charge on any atom is 0.219 e. The molecule has 4 nitrogen and oxygen atoms in total. The van der Waals surface area contributed by atoms with Gasteiger partial charge in [-0.1, -0.05) is 20.8 Å². The number of nitrogens with zero attached hydrogens (tertiary/aromatic N) is 1. The molecule has 5 heteroatoms. The van der Waals surface area contributed by atoms with E-state index in [0.717, 1.165) is 0 Å². The largest absolute Gasteiger partial charge is 0.415 e. The van der Waals surface area contributed by atoms with Crippen molar-refractivity contribution >= 4 is 14.2 Å². The first-order valence-corrected chi connectivity index (χ1v) is 9.03. The average molecular weight is 261 g/mol. The molecule has 0 aromatic heterocycles. The highest BCUT2D eigenvalue weighted by Crippen LogP contribution is 2.36. The third kappa shape index (κ3) is 5.65. The van der Waals surface area contributed by atoms with E-state index in [2.05, 4.69) is 33.9 Å². The number of hydrogen-bond acceptors (Lipinski definition) is 3. The Morgan fingerprint density at radius 2 is 1.82 bits per heavy atom. The predicted octanol–water partition coefficient (Wildman–Crippen LogP) is 1.85. The van der Waals surface area contributed by atoms with Crippen molar-refractivity contribution in [2.45, 2.75) is 45.8 Å². The highest BCUT2D eigenvalue weighted by atomic mass is 28.4. The maximum absolute atomic E-state index is 11.3. The summed E-state index contributed by atoms with van der Waals surface area (Å²) in [6, 6.07) is 0. The molecule has 0 spiro atoms. The summed E-state index contributed by atoms with van der Waals surface area (Å²) in [5.74, 6) is -0.0159.